The third-order valence-corrected chi connectivity index (χ3v) is 5.57. The summed E-state index contributed by atoms with van der Waals surface area (Å²) >= 11 is 5.90. The van der Waals surface area contributed by atoms with Crippen LogP contribution in [0.3, 0.4) is 0 Å². The molecule has 0 spiro atoms. The number of rotatable bonds is 14. The third kappa shape index (κ3) is 8.97. The van der Waals surface area contributed by atoms with Crippen molar-refractivity contribution in [2.75, 3.05) is 20.3 Å². The summed E-state index contributed by atoms with van der Waals surface area (Å²) in [5.41, 5.74) is 0.917. The third-order valence-electron chi connectivity index (χ3n) is 5.32. The van der Waals surface area contributed by atoms with Gasteiger partial charge in [0.05, 0.1) is 13.7 Å². The molecule has 2 amide bonds. The van der Waals surface area contributed by atoms with E-state index in [1.54, 1.807) is 36.3 Å². The predicted octanol–water partition coefficient (Wildman–Crippen LogP) is 5.23. The summed E-state index contributed by atoms with van der Waals surface area (Å²) in [6, 6.07) is 14.2. The monoisotopic (exact) mass is 474 g/mol. The molecule has 0 aromatic heterocycles. The van der Waals surface area contributed by atoms with Crippen LogP contribution in [0.2, 0.25) is 5.02 Å². The van der Waals surface area contributed by atoms with E-state index in [1.807, 2.05) is 31.2 Å². The molecule has 2 aromatic carbocycles. The largest absolute Gasteiger partial charge is 0.497 e. The number of benzene rings is 2. The Bertz CT molecular complexity index is 873. The van der Waals surface area contributed by atoms with Crippen molar-refractivity contribution in [1.29, 1.82) is 0 Å². The molecule has 0 aliphatic rings. The molecule has 0 unspecified atom stereocenters. The van der Waals surface area contributed by atoms with Crippen LogP contribution in [0.15, 0.2) is 48.5 Å². The lowest BCUT2D eigenvalue weighted by molar-refractivity contribution is -0.141. The maximum absolute atomic E-state index is 13.2. The standard InChI is InChI=1S/C26H35ClN2O4/c1-4-6-16-28-26(31)24(5-2)29(19-20-9-7-10-23(18-20)32-3)25(30)11-8-17-33-22-14-12-21(27)13-15-22/h7,9-10,12-15,18,24H,4-6,8,11,16-17,19H2,1-3H3,(H,28,31)/t24-/m0/s1. The predicted molar refractivity (Wildman–Crippen MR) is 132 cm³/mol. The molecule has 6 nitrogen and oxygen atoms in total. The van der Waals surface area contributed by atoms with Crippen LogP contribution in [-0.4, -0.2) is 43.0 Å². The fraction of sp³-hybridized carbons (Fsp3) is 0.462. The minimum Gasteiger partial charge on any atom is -0.497 e. The molecule has 0 saturated carbocycles. The molecular weight excluding hydrogens is 440 g/mol. The number of amides is 2. The highest BCUT2D eigenvalue weighted by molar-refractivity contribution is 6.30. The van der Waals surface area contributed by atoms with Crippen molar-refractivity contribution < 1.29 is 19.1 Å². The maximum Gasteiger partial charge on any atom is 0.242 e. The highest BCUT2D eigenvalue weighted by Gasteiger charge is 2.28. The average Bonchev–Trinajstić information content (AvgIpc) is 2.83. The first-order chi connectivity index (χ1) is 16.0. The van der Waals surface area contributed by atoms with Crippen molar-refractivity contribution in [2.24, 2.45) is 0 Å². The number of nitrogens with zero attached hydrogens (tertiary/aromatic N) is 1. The molecule has 0 saturated heterocycles. The van der Waals surface area contributed by atoms with E-state index in [0.29, 0.717) is 43.3 Å². The van der Waals surface area contributed by atoms with Crippen LogP contribution >= 0.6 is 11.6 Å². The van der Waals surface area contributed by atoms with Gasteiger partial charge in [0.25, 0.3) is 0 Å². The summed E-state index contributed by atoms with van der Waals surface area (Å²) in [5.74, 6) is 1.24. The van der Waals surface area contributed by atoms with E-state index >= 15 is 0 Å². The second-order valence-corrected chi connectivity index (χ2v) is 8.28. The lowest BCUT2D eigenvalue weighted by Gasteiger charge is -2.31. The zero-order chi connectivity index (χ0) is 24.1. The number of carbonyl (C=O) groups excluding carboxylic acids is 2. The number of nitrogens with one attached hydrogen (secondary N) is 1. The van der Waals surface area contributed by atoms with Crippen molar-refractivity contribution in [3.63, 3.8) is 0 Å². The van der Waals surface area contributed by atoms with Gasteiger partial charge in [-0.3, -0.25) is 9.59 Å². The smallest absolute Gasteiger partial charge is 0.242 e. The first kappa shape index (κ1) is 26.5. The Kier molecular flexibility index (Phi) is 11.6. The average molecular weight is 475 g/mol. The highest BCUT2D eigenvalue weighted by Crippen LogP contribution is 2.19. The normalized spacial score (nSPS) is 11.5. The van der Waals surface area contributed by atoms with Crippen molar-refractivity contribution >= 4 is 23.4 Å². The van der Waals surface area contributed by atoms with Crippen LogP contribution in [0.25, 0.3) is 0 Å². The minimum atomic E-state index is -0.530. The fourth-order valence-electron chi connectivity index (χ4n) is 3.48. The molecule has 2 aromatic rings. The van der Waals surface area contributed by atoms with Crippen LogP contribution in [-0.2, 0) is 16.1 Å². The van der Waals surface area contributed by atoms with Crippen LogP contribution < -0.4 is 14.8 Å². The van der Waals surface area contributed by atoms with E-state index in [9.17, 15) is 9.59 Å². The van der Waals surface area contributed by atoms with Crippen LogP contribution in [0, 0.1) is 0 Å². The quantitative estimate of drug-likeness (QED) is 0.380. The molecule has 0 fully saturated rings. The lowest BCUT2D eigenvalue weighted by atomic mass is 10.1. The van der Waals surface area contributed by atoms with Gasteiger partial charge in [-0.15, -0.1) is 0 Å². The van der Waals surface area contributed by atoms with Crippen molar-refractivity contribution in [2.45, 2.75) is 58.5 Å². The zero-order valence-electron chi connectivity index (χ0n) is 19.8. The topological polar surface area (TPSA) is 67.9 Å². The molecule has 0 aliphatic heterocycles. The summed E-state index contributed by atoms with van der Waals surface area (Å²) < 4.78 is 11.0. The maximum atomic E-state index is 13.2. The first-order valence-electron chi connectivity index (χ1n) is 11.6. The minimum absolute atomic E-state index is 0.0741. The molecule has 7 heteroatoms. The van der Waals surface area contributed by atoms with Gasteiger partial charge in [0.1, 0.15) is 17.5 Å². The first-order valence-corrected chi connectivity index (χ1v) is 11.9. The van der Waals surface area contributed by atoms with Crippen molar-refractivity contribution in [3.05, 3.63) is 59.1 Å². The zero-order valence-corrected chi connectivity index (χ0v) is 20.6. The summed E-state index contributed by atoms with van der Waals surface area (Å²) in [7, 11) is 1.61. The van der Waals surface area contributed by atoms with Crippen molar-refractivity contribution in [1.82, 2.24) is 10.2 Å². The molecule has 0 bridgehead atoms. The number of ether oxygens (including phenoxy) is 2. The molecule has 0 radical (unpaired) electrons. The molecular formula is C26H35ClN2O4. The van der Waals surface area contributed by atoms with Crippen LogP contribution in [0.4, 0.5) is 0 Å². The summed E-state index contributed by atoms with van der Waals surface area (Å²) in [6.45, 7) is 5.36. The fourth-order valence-corrected chi connectivity index (χ4v) is 3.61. The summed E-state index contributed by atoms with van der Waals surface area (Å²) in [4.78, 5) is 27.8. The SMILES string of the molecule is CCCCNC(=O)[C@H](CC)N(Cc1cccc(OC)c1)C(=O)CCCOc1ccc(Cl)cc1. The van der Waals surface area contributed by atoms with Gasteiger partial charge in [-0.25, -0.2) is 0 Å². The van der Waals surface area contributed by atoms with Gasteiger partial charge in [0.2, 0.25) is 11.8 Å². The second kappa shape index (κ2) is 14.4. The Hall–Kier alpha value is -2.73. The number of methoxy groups -OCH3 is 1. The van der Waals surface area contributed by atoms with E-state index in [0.717, 1.165) is 24.2 Å². The van der Waals surface area contributed by atoms with Gasteiger partial charge in [0, 0.05) is 24.5 Å². The number of halogens is 1. The number of unbranched alkanes of at least 4 members (excludes halogenated alkanes) is 1. The molecule has 1 N–H and O–H groups in total. The Morgan fingerprint density at radius 3 is 2.48 bits per heavy atom. The van der Waals surface area contributed by atoms with E-state index in [2.05, 4.69) is 12.2 Å². The second-order valence-electron chi connectivity index (χ2n) is 7.85. The molecule has 2 rings (SSSR count). The lowest BCUT2D eigenvalue weighted by Crippen LogP contribution is -2.49. The van der Waals surface area contributed by atoms with Crippen LogP contribution in [0.5, 0.6) is 11.5 Å². The summed E-state index contributed by atoms with van der Waals surface area (Å²) in [6.07, 6.45) is 3.28. The van der Waals surface area contributed by atoms with Gasteiger partial charge < -0.3 is 19.7 Å². The Morgan fingerprint density at radius 1 is 1.06 bits per heavy atom. The van der Waals surface area contributed by atoms with E-state index in [4.69, 9.17) is 21.1 Å². The van der Waals surface area contributed by atoms with E-state index in [1.165, 1.54) is 0 Å². The Labute approximate surface area is 202 Å². The highest BCUT2D eigenvalue weighted by atomic mass is 35.5. The number of hydrogen-bond acceptors (Lipinski definition) is 4. The van der Waals surface area contributed by atoms with E-state index < -0.39 is 6.04 Å². The van der Waals surface area contributed by atoms with Gasteiger partial charge in [0.15, 0.2) is 0 Å². The Balaban J connectivity index is 2.05. The number of carbonyl (C=O) groups is 2. The Morgan fingerprint density at radius 2 is 1.82 bits per heavy atom. The molecule has 1 atom stereocenters. The molecule has 0 aliphatic carbocycles. The van der Waals surface area contributed by atoms with Gasteiger partial charge in [-0.1, -0.05) is 44.0 Å². The van der Waals surface area contributed by atoms with Gasteiger partial charge in [-0.05, 0) is 61.2 Å². The molecule has 33 heavy (non-hydrogen) atoms. The molecule has 180 valence electrons. The summed E-state index contributed by atoms with van der Waals surface area (Å²) in [5, 5.41) is 3.63. The molecule has 0 heterocycles. The van der Waals surface area contributed by atoms with Gasteiger partial charge in [-0.2, -0.15) is 0 Å². The van der Waals surface area contributed by atoms with Crippen LogP contribution in [0.1, 0.15) is 51.5 Å². The van der Waals surface area contributed by atoms with Crippen molar-refractivity contribution in [3.8, 4) is 11.5 Å². The van der Waals surface area contributed by atoms with E-state index in [-0.39, 0.29) is 18.2 Å². The number of hydrogen-bond donors (Lipinski definition) is 1. The van der Waals surface area contributed by atoms with Gasteiger partial charge >= 0.3 is 0 Å².